The van der Waals surface area contributed by atoms with Gasteiger partial charge < -0.3 is 10.2 Å². The van der Waals surface area contributed by atoms with Gasteiger partial charge in [-0.15, -0.1) is 0 Å². The van der Waals surface area contributed by atoms with Crippen LogP contribution in [0.5, 0.6) is 0 Å². The van der Waals surface area contributed by atoms with Crippen molar-refractivity contribution in [1.82, 2.24) is 10.2 Å². The van der Waals surface area contributed by atoms with Gasteiger partial charge in [0.15, 0.2) is 0 Å². The second-order valence-electron chi connectivity index (χ2n) is 6.73. The van der Waals surface area contributed by atoms with E-state index in [1.54, 1.807) is 0 Å². The van der Waals surface area contributed by atoms with E-state index in [9.17, 15) is 4.79 Å². The van der Waals surface area contributed by atoms with E-state index in [4.69, 9.17) is 0 Å². The summed E-state index contributed by atoms with van der Waals surface area (Å²) in [4.78, 5) is 14.7. The van der Waals surface area contributed by atoms with Crippen molar-refractivity contribution in [3.63, 3.8) is 0 Å². The zero-order valence-corrected chi connectivity index (χ0v) is 13.2. The number of nitrogens with zero attached hydrogens (tertiary/aromatic N) is 1. The van der Waals surface area contributed by atoms with E-state index >= 15 is 0 Å². The van der Waals surface area contributed by atoms with Crippen molar-refractivity contribution in [3.8, 4) is 0 Å². The first kappa shape index (κ1) is 16.5. The molecule has 0 aliphatic carbocycles. The number of nitrogens with one attached hydrogen (secondary N) is 1. The largest absolute Gasteiger partial charge is 0.342 e. The van der Waals surface area contributed by atoms with Crippen LogP contribution in [0.3, 0.4) is 0 Å². The Hall–Kier alpha value is -0.570. The predicted molar refractivity (Wildman–Crippen MR) is 81.1 cm³/mol. The van der Waals surface area contributed by atoms with Crippen LogP contribution in [0, 0.1) is 17.8 Å². The van der Waals surface area contributed by atoms with Gasteiger partial charge in [-0.1, -0.05) is 27.7 Å². The SMILES string of the molecule is CC(C)CCN(CCC(C)C)C(=O)C1CCCNC1. The Morgan fingerprint density at radius 2 is 1.74 bits per heavy atom. The van der Waals surface area contributed by atoms with Gasteiger partial charge in [-0.2, -0.15) is 0 Å². The Labute approximate surface area is 119 Å². The molecule has 1 amide bonds. The van der Waals surface area contributed by atoms with Gasteiger partial charge in [0.05, 0.1) is 5.92 Å². The fourth-order valence-electron chi connectivity index (χ4n) is 2.48. The number of amides is 1. The lowest BCUT2D eigenvalue weighted by Crippen LogP contribution is -2.44. The van der Waals surface area contributed by atoms with Crippen molar-refractivity contribution in [2.45, 2.75) is 53.4 Å². The first-order valence-corrected chi connectivity index (χ1v) is 8.00. The molecule has 0 spiro atoms. The first-order valence-electron chi connectivity index (χ1n) is 8.00. The molecular weight excluding hydrogens is 236 g/mol. The van der Waals surface area contributed by atoms with Crippen LogP contribution in [0.25, 0.3) is 0 Å². The third kappa shape index (κ3) is 6.42. The minimum Gasteiger partial charge on any atom is -0.342 e. The Morgan fingerprint density at radius 3 is 2.16 bits per heavy atom. The Bertz CT molecular complexity index is 245. The molecule has 0 bridgehead atoms. The molecule has 112 valence electrons. The monoisotopic (exact) mass is 268 g/mol. The summed E-state index contributed by atoms with van der Waals surface area (Å²) >= 11 is 0. The highest BCUT2D eigenvalue weighted by atomic mass is 16.2. The maximum Gasteiger partial charge on any atom is 0.226 e. The molecule has 1 aliphatic rings. The number of rotatable bonds is 7. The topological polar surface area (TPSA) is 32.3 Å². The van der Waals surface area contributed by atoms with Crippen LogP contribution in [0.1, 0.15) is 53.4 Å². The molecule has 3 heteroatoms. The fourth-order valence-corrected chi connectivity index (χ4v) is 2.48. The molecule has 1 aliphatic heterocycles. The van der Waals surface area contributed by atoms with Crippen molar-refractivity contribution < 1.29 is 4.79 Å². The maximum absolute atomic E-state index is 12.6. The summed E-state index contributed by atoms with van der Waals surface area (Å²) in [6.45, 7) is 12.7. The van der Waals surface area contributed by atoms with Crippen molar-refractivity contribution >= 4 is 5.91 Å². The number of hydrogen-bond acceptors (Lipinski definition) is 2. The van der Waals surface area contributed by atoms with Crippen LogP contribution in [-0.2, 0) is 4.79 Å². The highest BCUT2D eigenvalue weighted by Crippen LogP contribution is 2.16. The second kappa shape index (κ2) is 8.57. The number of piperidine rings is 1. The van der Waals surface area contributed by atoms with Gasteiger partial charge >= 0.3 is 0 Å². The number of hydrogen-bond donors (Lipinski definition) is 1. The van der Waals surface area contributed by atoms with E-state index in [0.717, 1.165) is 51.9 Å². The molecule has 1 rings (SSSR count). The lowest BCUT2D eigenvalue weighted by atomic mass is 9.97. The van der Waals surface area contributed by atoms with E-state index in [1.165, 1.54) is 0 Å². The fraction of sp³-hybridized carbons (Fsp3) is 0.938. The lowest BCUT2D eigenvalue weighted by Gasteiger charge is -2.30. The predicted octanol–water partition coefficient (Wildman–Crippen LogP) is 2.91. The molecule has 3 nitrogen and oxygen atoms in total. The molecule has 19 heavy (non-hydrogen) atoms. The van der Waals surface area contributed by atoms with Crippen molar-refractivity contribution in [2.75, 3.05) is 26.2 Å². The third-order valence-corrected chi connectivity index (χ3v) is 3.91. The normalized spacial score (nSPS) is 20.0. The minimum absolute atomic E-state index is 0.216. The quantitative estimate of drug-likeness (QED) is 0.770. The molecule has 1 saturated heterocycles. The van der Waals surface area contributed by atoms with Crippen molar-refractivity contribution in [2.24, 2.45) is 17.8 Å². The average Bonchev–Trinajstić information content (AvgIpc) is 2.38. The lowest BCUT2D eigenvalue weighted by molar-refractivity contribution is -0.136. The van der Waals surface area contributed by atoms with E-state index in [-0.39, 0.29) is 5.92 Å². The summed E-state index contributed by atoms with van der Waals surface area (Å²) in [5, 5.41) is 3.35. The molecule has 0 saturated carbocycles. The van der Waals surface area contributed by atoms with E-state index in [1.807, 2.05) is 0 Å². The molecule has 1 N–H and O–H groups in total. The van der Waals surface area contributed by atoms with E-state index < -0.39 is 0 Å². The Morgan fingerprint density at radius 1 is 1.16 bits per heavy atom. The molecule has 0 radical (unpaired) electrons. The molecule has 0 aromatic rings. The number of carbonyl (C=O) groups excluding carboxylic acids is 1. The summed E-state index contributed by atoms with van der Waals surface area (Å²) in [6, 6.07) is 0. The summed E-state index contributed by atoms with van der Waals surface area (Å²) in [7, 11) is 0. The summed E-state index contributed by atoms with van der Waals surface area (Å²) in [5.41, 5.74) is 0. The molecular formula is C16H32N2O. The van der Waals surface area contributed by atoms with Crippen LogP contribution in [0.2, 0.25) is 0 Å². The molecule has 1 atom stereocenters. The third-order valence-electron chi connectivity index (χ3n) is 3.91. The van der Waals surface area contributed by atoms with Crippen molar-refractivity contribution in [3.05, 3.63) is 0 Å². The standard InChI is InChI=1S/C16H32N2O/c1-13(2)7-10-18(11-8-14(3)4)16(19)15-6-5-9-17-12-15/h13-15,17H,5-12H2,1-4H3. The van der Waals surface area contributed by atoms with Gasteiger partial charge in [-0.05, 0) is 44.1 Å². The first-order chi connectivity index (χ1) is 9.00. The zero-order chi connectivity index (χ0) is 14.3. The summed E-state index contributed by atoms with van der Waals surface area (Å²) in [5.74, 6) is 1.93. The smallest absolute Gasteiger partial charge is 0.226 e. The Balaban J connectivity index is 2.51. The zero-order valence-electron chi connectivity index (χ0n) is 13.2. The van der Waals surface area contributed by atoms with E-state index in [2.05, 4.69) is 37.9 Å². The second-order valence-corrected chi connectivity index (χ2v) is 6.73. The number of carbonyl (C=O) groups is 1. The van der Waals surface area contributed by atoms with Gasteiger partial charge in [0.1, 0.15) is 0 Å². The van der Waals surface area contributed by atoms with Gasteiger partial charge in [0, 0.05) is 19.6 Å². The van der Waals surface area contributed by atoms with Crippen LogP contribution >= 0.6 is 0 Å². The average molecular weight is 268 g/mol. The maximum atomic E-state index is 12.6. The molecule has 0 aromatic carbocycles. The van der Waals surface area contributed by atoms with Crippen LogP contribution < -0.4 is 5.32 Å². The van der Waals surface area contributed by atoms with Gasteiger partial charge in [0.25, 0.3) is 0 Å². The summed E-state index contributed by atoms with van der Waals surface area (Å²) in [6.07, 6.45) is 4.43. The van der Waals surface area contributed by atoms with Crippen LogP contribution in [0.4, 0.5) is 0 Å². The Kier molecular flexibility index (Phi) is 7.44. The van der Waals surface area contributed by atoms with Crippen molar-refractivity contribution in [1.29, 1.82) is 0 Å². The minimum atomic E-state index is 0.216. The van der Waals surface area contributed by atoms with Gasteiger partial charge in [-0.3, -0.25) is 4.79 Å². The van der Waals surface area contributed by atoms with E-state index in [0.29, 0.717) is 17.7 Å². The molecule has 1 unspecified atom stereocenters. The highest BCUT2D eigenvalue weighted by molar-refractivity contribution is 5.79. The molecule has 1 heterocycles. The van der Waals surface area contributed by atoms with Gasteiger partial charge in [0.2, 0.25) is 5.91 Å². The highest BCUT2D eigenvalue weighted by Gasteiger charge is 2.25. The van der Waals surface area contributed by atoms with Crippen LogP contribution in [-0.4, -0.2) is 37.0 Å². The molecule has 1 fully saturated rings. The summed E-state index contributed by atoms with van der Waals surface area (Å²) < 4.78 is 0. The van der Waals surface area contributed by atoms with Gasteiger partial charge in [-0.25, -0.2) is 0 Å². The molecule has 0 aromatic heterocycles. The van der Waals surface area contributed by atoms with Crippen LogP contribution in [0.15, 0.2) is 0 Å².